The van der Waals surface area contributed by atoms with E-state index in [1.165, 1.54) is 0 Å². The van der Waals surface area contributed by atoms with Crippen molar-refractivity contribution in [3.05, 3.63) is 5.89 Å². The molecule has 1 aromatic rings. The van der Waals surface area contributed by atoms with Crippen LogP contribution in [0.1, 0.15) is 40.0 Å². The van der Waals surface area contributed by atoms with Crippen molar-refractivity contribution in [3.63, 3.8) is 0 Å². The van der Waals surface area contributed by atoms with Crippen LogP contribution in [0.3, 0.4) is 0 Å². The van der Waals surface area contributed by atoms with Crippen LogP contribution in [0.15, 0.2) is 4.52 Å². The maximum atomic E-state index is 5.34. The van der Waals surface area contributed by atoms with Gasteiger partial charge in [-0.1, -0.05) is 27.7 Å². The van der Waals surface area contributed by atoms with Crippen LogP contribution < -0.4 is 4.90 Å². The average Bonchev–Trinajstić information content (AvgIpc) is 2.83. The van der Waals surface area contributed by atoms with Crippen molar-refractivity contribution in [3.8, 4) is 0 Å². The summed E-state index contributed by atoms with van der Waals surface area (Å²) in [5.41, 5.74) is 0.0953. The predicted octanol–water partition coefficient (Wildman–Crippen LogP) is 2.23. The Kier molecular flexibility index (Phi) is 3.36. The topological polar surface area (TPSA) is 51.4 Å². The van der Waals surface area contributed by atoms with Gasteiger partial charge in [0.05, 0.1) is 6.61 Å². The lowest BCUT2D eigenvalue weighted by atomic mass is 9.91. The molecule has 0 spiro atoms. The molecule has 2 rings (SSSR count). The first-order valence-electron chi connectivity index (χ1n) is 6.42. The van der Waals surface area contributed by atoms with Gasteiger partial charge >= 0.3 is 0 Å². The molecule has 1 atom stereocenters. The molecule has 0 radical (unpaired) electrons. The van der Waals surface area contributed by atoms with Crippen molar-refractivity contribution in [2.45, 2.75) is 39.5 Å². The van der Waals surface area contributed by atoms with Gasteiger partial charge in [-0.05, 0) is 11.6 Å². The lowest BCUT2D eigenvalue weighted by Crippen LogP contribution is -2.29. The normalized spacial score (nSPS) is 24.8. The van der Waals surface area contributed by atoms with Crippen molar-refractivity contribution in [2.75, 3.05) is 31.7 Å². The number of ether oxygens (including phenoxy) is 1. The monoisotopic (exact) mass is 253 g/mol. The Bertz CT molecular complexity index is 411. The zero-order valence-corrected chi connectivity index (χ0v) is 12.0. The Hall–Kier alpha value is -1.10. The quantitative estimate of drug-likeness (QED) is 0.826. The highest BCUT2D eigenvalue weighted by atomic mass is 16.5. The van der Waals surface area contributed by atoms with Crippen molar-refractivity contribution >= 4 is 5.95 Å². The van der Waals surface area contributed by atoms with Crippen LogP contribution in [0.2, 0.25) is 0 Å². The standard InChI is InChI=1S/C13H23N3O2/c1-12(2,3)10-14-11(15-18-10)16-7-6-13(4,8-16)9-17-5/h6-9H2,1-5H3. The molecule has 0 aromatic carbocycles. The maximum Gasteiger partial charge on any atom is 0.266 e. The molecule has 5 nitrogen and oxygen atoms in total. The van der Waals surface area contributed by atoms with Crippen LogP contribution >= 0.6 is 0 Å². The second-order valence-electron chi connectivity index (χ2n) is 6.56. The third-order valence-electron chi connectivity index (χ3n) is 3.39. The molecular weight excluding hydrogens is 230 g/mol. The molecule has 2 heterocycles. The highest BCUT2D eigenvalue weighted by Crippen LogP contribution is 2.33. The number of nitrogens with zero attached hydrogens (tertiary/aromatic N) is 3. The van der Waals surface area contributed by atoms with Crippen molar-refractivity contribution in [1.82, 2.24) is 10.1 Å². The number of methoxy groups -OCH3 is 1. The summed E-state index contributed by atoms with van der Waals surface area (Å²) in [4.78, 5) is 6.67. The Balaban J connectivity index is 2.08. The molecule has 18 heavy (non-hydrogen) atoms. The van der Waals surface area contributed by atoms with E-state index in [-0.39, 0.29) is 10.8 Å². The minimum Gasteiger partial charge on any atom is -0.384 e. The molecule has 1 saturated heterocycles. The van der Waals surface area contributed by atoms with E-state index < -0.39 is 0 Å². The second kappa shape index (κ2) is 4.53. The third-order valence-corrected chi connectivity index (χ3v) is 3.39. The van der Waals surface area contributed by atoms with Gasteiger partial charge in [-0.3, -0.25) is 0 Å². The van der Waals surface area contributed by atoms with Gasteiger partial charge in [0.1, 0.15) is 0 Å². The van der Waals surface area contributed by atoms with Crippen LogP contribution in [0.4, 0.5) is 5.95 Å². The smallest absolute Gasteiger partial charge is 0.266 e. The Morgan fingerprint density at radius 1 is 1.44 bits per heavy atom. The molecular formula is C13H23N3O2. The largest absolute Gasteiger partial charge is 0.384 e. The first-order valence-corrected chi connectivity index (χ1v) is 6.42. The first kappa shape index (κ1) is 13.3. The Morgan fingerprint density at radius 2 is 2.17 bits per heavy atom. The molecule has 0 bridgehead atoms. The number of rotatable bonds is 3. The summed E-state index contributed by atoms with van der Waals surface area (Å²) < 4.78 is 10.6. The van der Waals surface area contributed by atoms with Gasteiger partial charge in [0.2, 0.25) is 5.89 Å². The number of aromatic nitrogens is 2. The van der Waals surface area contributed by atoms with E-state index >= 15 is 0 Å². The van der Waals surface area contributed by atoms with Crippen LogP contribution in [-0.4, -0.2) is 36.9 Å². The van der Waals surface area contributed by atoms with E-state index in [4.69, 9.17) is 9.26 Å². The van der Waals surface area contributed by atoms with E-state index in [0.717, 1.165) is 26.1 Å². The van der Waals surface area contributed by atoms with Crippen LogP contribution in [0.25, 0.3) is 0 Å². The van der Waals surface area contributed by atoms with Gasteiger partial charge in [0, 0.05) is 31.0 Å². The highest BCUT2D eigenvalue weighted by Gasteiger charge is 2.36. The number of anilines is 1. The van der Waals surface area contributed by atoms with Gasteiger partial charge < -0.3 is 14.2 Å². The molecule has 5 heteroatoms. The van der Waals surface area contributed by atoms with E-state index in [9.17, 15) is 0 Å². The molecule has 1 unspecified atom stereocenters. The molecule has 0 aliphatic carbocycles. The molecule has 1 aliphatic heterocycles. The third kappa shape index (κ3) is 2.66. The summed E-state index contributed by atoms with van der Waals surface area (Å²) in [7, 11) is 1.75. The van der Waals surface area contributed by atoms with Gasteiger partial charge in [-0.2, -0.15) is 4.98 Å². The summed E-state index contributed by atoms with van der Waals surface area (Å²) in [5.74, 6) is 1.40. The summed E-state index contributed by atoms with van der Waals surface area (Å²) in [6.45, 7) is 11.1. The van der Waals surface area contributed by atoms with Crippen molar-refractivity contribution in [2.24, 2.45) is 5.41 Å². The van der Waals surface area contributed by atoms with Crippen LogP contribution in [-0.2, 0) is 10.2 Å². The average molecular weight is 253 g/mol. The fraction of sp³-hybridized carbons (Fsp3) is 0.846. The van der Waals surface area contributed by atoms with Crippen LogP contribution in [0, 0.1) is 5.41 Å². The highest BCUT2D eigenvalue weighted by molar-refractivity contribution is 5.31. The maximum absolute atomic E-state index is 5.34. The van der Waals surface area contributed by atoms with E-state index in [0.29, 0.717) is 11.8 Å². The molecule has 0 saturated carbocycles. The fourth-order valence-corrected chi connectivity index (χ4v) is 2.31. The minimum atomic E-state index is -0.0964. The Morgan fingerprint density at radius 3 is 2.72 bits per heavy atom. The molecule has 1 fully saturated rings. The predicted molar refractivity (Wildman–Crippen MR) is 69.8 cm³/mol. The molecule has 0 N–H and O–H groups in total. The SMILES string of the molecule is COCC1(C)CCN(c2noc(C(C)(C)C)n2)C1. The van der Waals surface area contributed by atoms with E-state index in [2.05, 4.69) is 42.7 Å². The van der Waals surface area contributed by atoms with Crippen molar-refractivity contribution < 1.29 is 9.26 Å². The lowest BCUT2D eigenvalue weighted by Gasteiger charge is -2.22. The minimum absolute atomic E-state index is 0.0964. The summed E-state index contributed by atoms with van der Waals surface area (Å²) in [6.07, 6.45) is 1.10. The zero-order chi connectivity index (χ0) is 13.4. The summed E-state index contributed by atoms with van der Waals surface area (Å²) in [5, 5.41) is 4.09. The fourth-order valence-electron chi connectivity index (χ4n) is 2.31. The van der Waals surface area contributed by atoms with Gasteiger partial charge in [0.15, 0.2) is 0 Å². The first-order chi connectivity index (χ1) is 8.34. The number of hydrogen-bond acceptors (Lipinski definition) is 5. The summed E-state index contributed by atoms with van der Waals surface area (Å²) >= 11 is 0. The Labute approximate surface area is 108 Å². The summed E-state index contributed by atoms with van der Waals surface area (Å²) in [6, 6.07) is 0. The molecule has 1 aliphatic rings. The van der Waals surface area contributed by atoms with Gasteiger partial charge in [-0.25, -0.2) is 0 Å². The second-order valence-corrected chi connectivity index (χ2v) is 6.56. The molecule has 0 amide bonds. The molecule has 1 aromatic heterocycles. The number of hydrogen-bond donors (Lipinski definition) is 0. The van der Waals surface area contributed by atoms with Gasteiger partial charge in [-0.15, -0.1) is 0 Å². The van der Waals surface area contributed by atoms with Gasteiger partial charge in [0.25, 0.3) is 5.95 Å². The zero-order valence-electron chi connectivity index (χ0n) is 12.0. The lowest BCUT2D eigenvalue weighted by molar-refractivity contribution is 0.106. The molecule has 102 valence electrons. The van der Waals surface area contributed by atoms with Crippen LogP contribution in [0.5, 0.6) is 0 Å². The van der Waals surface area contributed by atoms with E-state index in [1.54, 1.807) is 7.11 Å². The van der Waals surface area contributed by atoms with E-state index in [1.807, 2.05) is 0 Å². The van der Waals surface area contributed by atoms with Crippen molar-refractivity contribution in [1.29, 1.82) is 0 Å².